The van der Waals surface area contributed by atoms with Crippen LogP contribution < -0.4 is 0 Å². The van der Waals surface area contributed by atoms with Crippen LogP contribution in [0.25, 0.3) is 55.7 Å². The van der Waals surface area contributed by atoms with Gasteiger partial charge in [0.25, 0.3) is 0 Å². The van der Waals surface area contributed by atoms with Crippen molar-refractivity contribution < 1.29 is 0 Å². The van der Waals surface area contributed by atoms with Gasteiger partial charge in [0.2, 0.25) is 0 Å². The Morgan fingerprint density at radius 2 is 0.642 bits per heavy atom. The first-order chi connectivity index (χ1) is 32.6. The number of fused-ring (bicyclic) bond motifs is 6. The molecule has 0 N–H and O–H groups in total. The van der Waals surface area contributed by atoms with Crippen molar-refractivity contribution in [3.8, 4) is 44.5 Å². The molecule has 8 aromatic rings. The van der Waals surface area contributed by atoms with Crippen LogP contribution in [0, 0.1) is 41.5 Å². The predicted molar refractivity (Wildman–Crippen MR) is 298 cm³/mol. The summed E-state index contributed by atoms with van der Waals surface area (Å²) in [4.78, 5) is 0. The van der Waals surface area contributed by atoms with Gasteiger partial charge in [0.15, 0.2) is 0 Å². The van der Waals surface area contributed by atoms with Gasteiger partial charge in [-0.25, -0.2) is 0 Å². The number of rotatable bonds is 5. The van der Waals surface area contributed by atoms with E-state index in [-0.39, 0.29) is 0 Å². The molecular formula is C67H74. The first-order valence-electron chi connectivity index (χ1n) is 24.6. The molecule has 0 aromatic heterocycles. The quantitative estimate of drug-likeness (QED) is 0.151. The van der Waals surface area contributed by atoms with Crippen molar-refractivity contribution in [2.45, 2.75) is 103 Å². The summed E-state index contributed by atoms with van der Waals surface area (Å²) in [5, 5.41) is 0. The van der Waals surface area contributed by atoms with Crippen molar-refractivity contribution in [3.05, 3.63) is 249 Å². The van der Waals surface area contributed by atoms with Crippen molar-refractivity contribution in [1.29, 1.82) is 0 Å². The Morgan fingerprint density at radius 3 is 1.00 bits per heavy atom. The Labute approximate surface area is 405 Å². The van der Waals surface area contributed by atoms with E-state index in [1.54, 1.807) is 0 Å². The van der Waals surface area contributed by atoms with Gasteiger partial charge in [0, 0.05) is 0 Å². The Balaban J connectivity index is 0.000000205. The maximum Gasteiger partial charge on any atom is -0.00108 e. The van der Waals surface area contributed by atoms with Crippen molar-refractivity contribution in [2.75, 3.05) is 0 Å². The van der Waals surface area contributed by atoms with Crippen LogP contribution in [0.5, 0.6) is 0 Å². The molecule has 0 atom stereocenters. The van der Waals surface area contributed by atoms with E-state index in [0.717, 1.165) is 18.4 Å². The second-order valence-electron chi connectivity index (χ2n) is 16.9. The van der Waals surface area contributed by atoms with Gasteiger partial charge in [-0.15, -0.1) is 0 Å². The van der Waals surface area contributed by atoms with E-state index in [1.165, 1.54) is 117 Å². The molecule has 0 fully saturated rings. The van der Waals surface area contributed by atoms with Crippen LogP contribution in [0.1, 0.15) is 115 Å². The fourth-order valence-corrected chi connectivity index (χ4v) is 9.10. The summed E-state index contributed by atoms with van der Waals surface area (Å²) < 4.78 is 0. The molecule has 0 saturated heterocycles. The molecule has 0 amide bonds. The van der Waals surface area contributed by atoms with Crippen LogP contribution in [-0.4, -0.2) is 0 Å². The fraction of sp³-hybridized carbons (Fsp3) is 0.224. The summed E-state index contributed by atoms with van der Waals surface area (Å²) in [6, 6.07) is 61.1. The Bertz CT molecular complexity index is 2770. The average molecular weight is 879 g/mol. The number of hydrogen-bond donors (Lipinski definition) is 0. The zero-order valence-corrected chi connectivity index (χ0v) is 42.9. The normalized spacial score (nSPS) is 11.1. The molecule has 342 valence electrons. The first-order valence-corrected chi connectivity index (χ1v) is 24.6. The van der Waals surface area contributed by atoms with E-state index < -0.39 is 0 Å². The molecule has 0 aliphatic heterocycles. The smallest absolute Gasteiger partial charge is 0.00108 e. The van der Waals surface area contributed by atoms with E-state index in [0.29, 0.717) is 0 Å². The molecule has 2 aliphatic carbocycles. The van der Waals surface area contributed by atoms with Gasteiger partial charge in [-0.1, -0.05) is 212 Å². The van der Waals surface area contributed by atoms with Gasteiger partial charge in [0.1, 0.15) is 0 Å². The zero-order chi connectivity index (χ0) is 48.6. The minimum atomic E-state index is 1.04. The van der Waals surface area contributed by atoms with Crippen LogP contribution in [0.2, 0.25) is 0 Å². The number of benzene rings is 8. The maximum atomic E-state index is 4.43. The van der Waals surface area contributed by atoms with E-state index in [1.807, 2.05) is 41.5 Å². The molecule has 0 saturated carbocycles. The second kappa shape index (κ2) is 24.7. The summed E-state index contributed by atoms with van der Waals surface area (Å²) in [5.74, 6) is 0. The first kappa shape index (κ1) is 51.2. The van der Waals surface area contributed by atoms with Crippen molar-refractivity contribution in [1.82, 2.24) is 0 Å². The topological polar surface area (TPSA) is 0 Å². The standard InChI is InChI=1S/C33H28.2C14H14.3C2H6/c1-20-7-5-9-28-30(20)18-26-13-11-24(16-32(26)28)22(3)15-23(4)25-12-14-27-19-31-21(2)8-6-10-29(31)33(27)17-25;2*1-11-7-3-5-9-13(11)14-10-6-4-8-12(14)2;3*1-2/h5-17H,3,18-19H2,1-2,4H3;2*3-10H,1-2H3;3*1-2H3/b23-15+;;;;;. The highest BCUT2D eigenvalue weighted by molar-refractivity contribution is 5.88. The summed E-state index contributed by atoms with van der Waals surface area (Å²) in [6.07, 6.45) is 4.32. The Morgan fingerprint density at radius 1 is 0.343 bits per heavy atom. The summed E-state index contributed by atoms with van der Waals surface area (Å²) >= 11 is 0. The SMILES string of the molecule is C=C(/C=C(\C)c1ccc2c(c1)-c1cccc(C)c1C2)c1ccc2c(c1)-c1cccc(C)c1C2.CC.CC.CC.Cc1ccccc1-c1ccccc1C.Cc1ccccc1-c1ccccc1C. The van der Waals surface area contributed by atoms with Gasteiger partial charge in [-0.05, 0) is 196 Å². The highest BCUT2D eigenvalue weighted by atomic mass is 14.3. The number of aryl methyl sites for hydroxylation is 6. The number of hydrogen-bond acceptors (Lipinski definition) is 0. The second-order valence-corrected chi connectivity index (χ2v) is 16.9. The van der Waals surface area contributed by atoms with E-state index >= 15 is 0 Å². The summed E-state index contributed by atoms with van der Waals surface area (Å²) in [6.45, 7) is 31.7. The molecule has 0 nitrogen and oxygen atoms in total. The lowest BCUT2D eigenvalue weighted by Crippen LogP contribution is -1.88. The molecule has 2 aliphatic rings. The largest absolute Gasteiger partial charge is 0.0911 e. The third-order valence-corrected chi connectivity index (χ3v) is 12.7. The molecule has 67 heavy (non-hydrogen) atoms. The lowest BCUT2D eigenvalue weighted by Gasteiger charge is -2.10. The Hall–Kier alpha value is -6.76. The molecule has 0 radical (unpaired) electrons. The predicted octanol–water partition coefficient (Wildman–Crippen LogP) is 19.6. The van der Waals surface area contributed by atoms with Crippen LogP contribution in [0.15, 0.2) is 183 Å². The minimum absolute atomic E-state index is 1.04. The van der Waals surface area contributed by atoms with E-state index in [2.05, 4.69) is 231 Å². The molecular weight excluding hydrogens is 805 g/mol. The van der Waals surface area contributed by atoms with Crippen molar-refractivity contribution in [2.24, 2.45) is 0 Å². The lowest BCUT2D eigenvalue weighted by molar-refractivity contribution is 1.22. The maximum absolute atomic E-state index is 4.43. The molecule has 10 rings (SSSR count). The molecule has 0 spiro atoms. The third kappa shape index (κ3) is 12.0. The highest BCUT2D eigenvalue weighted by Crippen LogP contribution is 2.41. The monoisotopic (exact) mass is 879 g/mol. The van der Waals surface area contributed by atoms with Crippen LogP contribution in [0.4, 0.5) is 0 Å². The van der Waals surface area contributed by atoms with Gasteiger partial charge in [-0.3, -0.25) is 0 Å². The molecule has 0 heteroatoms. The molecule has 0 bridgehead atoms. The number of allylic oxidation sites excluding steroid dienone is 3. The molecule has 0 heterocycles. The van der Waals surface area contributed by atoms with Gasteiger partial charge >= 0.3 is 0 Å². The lowest BCUT2D eigenvalue weighted by atomic mass is 9.95. The van der Waals surface area contributed by atoms with Gasteiger partial charge in [0.05, 0.1) is 0 Å². The Kier molecular flexibility index (Phi) is 18.9. The van der Waals surface area contributed by atoms with Crippen LogP contribution >= 0.6 is 0 Å². The summed E-state index contributed by atoms with van der Waals surface area (Å²) in [5.41, 5.74) is 29.6. The van der Waals surface area contributed by atoms with Crippen molar-refractivity contribution >= 4 is 11.1 Å². The zero-order valence-electron chi connectivity index (χ0n) is 42.9. The third-order valence-electron chi connectivity index (χ3n) is 12.7. The highest BCUT2D eigenvalue weighted by Gasteiger charge is 2.22. The van der Waals surface area contributed by atoms with Crippen LogP contribution in [0.3, 0.4) is 0 Å². The van der Waals surface area contributed by atoms with Crippen LogP contribution in [-0.2, 0) is 12.8 Å². The van der Waals surface area contributed by atoms with Crippen molar-refractivity contribution in [3.63, 3.8) is 0 Å². The molecule has 0 unspecified atom stereocenters. The van der Waals surface area contributed by atoms with E-state index in [4.69, 9.17) is 0 Å². The summed E-state index contributed by atoms with van der Waals surface area (Å²) in [7, 11) is 0. The van der Waals surface area contributed by atoms with Gasteiger partial charge in [-0.2, -0.15) is 0 Å². The minimum Gasteiger partial charge on any atom is -0.0911 e. The fourth-order valence-electron chi connectivity index (χ4n) is 9.10. The molecule has 8 aromatic carbocycles. The van der Waals surface area contributed by atoms with Gasteiger partial charge < -0.3 is 0 Å². The van der Waals surface area contributed by atoms with E-state index in [9.17, 15) is 0 Å². The average Bonchev–Trinajstić information content (AvgIpc) is 3.94.